The molecule has 1 atom stereocenters. The topological polar surface area (TPSA) is 99.2 Å². The Morgan fingerprint density at radius 2 is 1.82 bits per heavy atom. The summed E-state index contributed by atoms with van der Waals surface area (Å²) in [5.41, 5.74) is 0.550. The second-order valence-corrected chi connectivity index (χ2v) is 10.9. The number of benzene rings is 2. The lowest BCUT2D eigenvalue weighted by atomic mass is 9.80. The first-order chi connectivity index (χ1) is 18.2. The quantitative estimate of drug-likeness (QED) is 0.471. The lowest BCUT2D eigenvalue weighted by Gasteiger charge is -2.52. The lowest BCUT2D eigenvalue weighted by molar-refractivity contribution is -0.161. The van der Waals surface area contributed by atoms with Crippen molar-refractivity contribution in [3.8, 4) is 11.5 Å². The smallest absolute Gasteiger partial charge is 0.335 e. The van der Waals surface area contributed by atoms with Gasteiger partial charge in [0.15, 0.2) is 0 Å². The summed E-state index contributed by atoms with van der Waals surface area (Å²) < 4.78 is 5.83. The van der Waals surface area contributed by atoms with E-state index >= 15 is 0 Å². The van der Waals surface area contributed by atoms with Crippen LogP contribution in [0.1, 0.15) is 68.8 Å². The number of likely N-dealkylation sites (tertiary alicyclic amines) is 1. The van der Waals surface area contributed by atoms with Crippen LogP contribution in [0.5, 0.6) is 11.5 Å². The van der Waals surface area contributed by atoms with Crippen molar-refractivity contribution in [2.24, 2.45) is 5.92 Å². The SMILES string of the molecule is CCCCN1C(=O)[C@H](CC(C)C)NC(=O)C12CCN(Cc1ccc(Oc3cccc(C(=O)O)c3)cc1)CC2. The standard InChI is InChI=1S/C30H39N3O5/c1-4-5-15-33-27(34)26(18-21(2)3)31-29(37)30(33)13-16-32(17-14-30)20-22-9-11-24(12-10-22)38-25-8-6-7-23(19-25)28(35)36/h6-12,19,21,26H,4-5,13-18,20H2,1-3H3,(H,31,37)(H,35,36)/t26-/m0/s1. The highest BCUT2D eigenvalue weighted by molar-refractivity contribution is 6.00. The van der Waals surface area contributed by atoms with Gasteiger partial charge in [0.2, 0.25) is 11.8 Å². The first-order valence-electron chi connectivity index (χ1n) is 13.7. The summed E-state index contributed by atoms with van der Waals surface area (Å²) in [6.45, 7) is 9.11. The van der Waals surface area contributed by atoms with Crippen molar-refractivity contribution in [2.75, 3.05) is 19.6 Å². The predicted molar refractivity (Wildman–Crippen MR) is 145 cm³/mol. The van der Waals surface area contributed by atoms with E-state index in [0.717, 1.165) is 38.0 Å². The van der Waals surface area contributed by atoms with Crippen molar-refractivity contribution in [2.45, 2.75) is 71.0 Å². The number of hydrogen-bond acceptors (Lipinski definition) is 5. The molecule has 2 N–H and O–H groups in total. The number of ether oxygens (including phenoxy) is 1. The van der Waals surface area contributed by atoms with Crippen LogP contribution in [-0.4, -0.2) is 63.9 Å². The van der Waals surface area contributed by atoms with E-state index < -0.39 is 17.6 Å². The number of unbranched alkanes of at least 4 members (excludes halogenated alkanes) is 1. The van der Waals surface area contributed by atoms with Crippen molar-refractivity contribution in [3.05, 3.63) is 59.7 Å². The number of hydrogen-bond donors (Lipinski definition) is 2. The zero-order chi connectivity index (χ0) is 27.3. The third-order valence-corrected chi connectivity index (χ3v) is 7.58. The summed E-state index contributed by atoms with van der Waals surface area (Å²) in [6, 6.07) is 13.8. The maximum Gasteiger partial charge on any atom is 0.335 e. The Morgan fingerprint density at radius 1 is 1.11 bits per heavy atom. The van der Waals surface area contributed by atoms with Gasteiger partial charge in [0, 0.05) is 26.2 Å². The molecular formula is C30H39N3O5. The maximum atomic E-state index is 13.4. The fourth-order valence-electron chi connectivity index (χ4n) is 5.48. The van der Waals surface area contributed by atoms with E-state index in [2.05, 4.69) is 31.0 Å². The number of carbonyl (C=O) groups excluding carboxylic acids is 2. The van der Waals surface area contributed by atoms with Crippen LogP contribution in [0.3, 0.4) is 0 Å². The van der Waals surface area contributed by atoms with Gasteiger partial charge in [0.1, 0.15) is 23.1 Å². The van der Waals surface area contributed by atoms with Gasteiger partial charge in [-0.2, -0.15) is 0 Å². The van der Waals surface area contributed by atoms with Crippen LogP contribution < -0.4 is 10.1 Å². The van der Waals surface area contributed by atoms with Crippen LogP contribution in [0.15, 0.2) is 48.5 Å². The number of amides is 2. The van der Waals surface area contributed by atoms with Gasteiger partial charge in [0.25, 0.3) is 0 Å². The first kappa shape index (κ1) is 27.6. The third-order valence-electron chi connectivity index (χ3n) is 7.58. The van der Waals surface area contributed by atoms with Crippen LogP contribution in [0.25, 0.3) is 0 Å². The van der Waals surface area contributed by atoms with Crippen molar-refractivity contribution in [1.82, 2.24) is 15.1 Å². The van der Waals surface area contributed by atoms with E-state index in [1.807, 2.05) is 29.2 Å². The zero-order valence-electron chi connectivity index (χ0n) is 22.6. The Bertz CT molecular complexity index is 1140. The molecule has 2 amide bonds. The molecule has 0 bridgehead atoms. The molecule has 2 aromatic rings. The van der Waals surface area contributed by atoms with Crippen molar-refractivity contribution < 1.29 is 24.2 Å². The molecule has 38 heavy (non-hydrogen) atoms. The van der Waals surface area contributed by atoms with Crippen LogP contribution >= 0.6 is 0 Å². The van der Waals surface area contributed by atoms with Crippen molar-refractivity contribution in [3.63, 3.8) is 0 Å². The highest BCUT2D eigenvalue weighted by Crippen LogP contribution is 2.35. The molecule has 0 aromatic heterocycles. The van der Waals surface area contributed by atoms with Gasteiger partial charge in [-0.05, 0) is 67.5 Å². The zero-order valence-corrected chi connectivity index (χ0v) is 22.6. The Kier molecular flexibility index (Phi) is 8.72. The van der Waals surface area contributed by atoms with E-state index in [1.165, 1.54) is 12.1 Å². The summed E-state index contributed by atoms with van der Waals surface area (Å²) in [4.78, 5) is 42.3. The van der Waals surface area contributed by atoms with E-state index in [-0.39, 0.29) is 17.4 Å². The molecule has 0 aliphatic carbocycles. The molecule has 2 saturated heterocycles. The minimum absolute atomic E-state index is 0.00646. The summed E-state index contributed by atoms with van der Waals surface area (Å²) in [6.07, 6.45) is 3.80. The third kappa shape index (κ3) is 6.18. The van der Waals surface area contributed by atoms with Gasteiger partial charge >= 0.3 is 5.97 Å². The Morgan fingerprint density at radius 3 is 2.45 bits per heavy atom. The number of carboxylic acids is 1. The van der Waals surface area contributed by atoms with E-state index in [9.17, 15) is 19.5 Å². The monoisotopic (exact) mass is 521 g/mol. The second-order valence-electron chi connectivity index (χ2n) is 10.9. The molecule has 2 heterocycles. The van der Waals surface area contributed by atoms with Gasteiger partial charge < -0.3 is 20.1 Å². The van der Waals surface area contributed by atoms with Gasteiger partial charge in [0.05, 0.1) is 5.56 Å². The summed E-state index contributed by atoms with van der Waals surface area (Å²) >= 11 is 0. The molecule has 8 nitrogen and oxygen atoms in total. The highest BCUT2D eigenvalue weighted by Gasteiger charge is 2.53. The van der Waals surface area contributed by atoms with Crippen molar-refractivity contribution in [1.29, 1.82) is 0 Å². The van der Waals surface area contributed by atoms with Crippen molar-refractivity contribution >= 4 is 17.8 Å². The molecule has 2 aliphatic heterocycles. The Hall–Kier alpha value is -3.39. The van der Waals surface area contributed by atoms with E-state index in [0.29, 0.717) is 43.2 Å². The molecule has 1 spiro atoms. The van der Waals surface area contributed by atoms with E-state index in [4.69, 9.17) is 4.74 Å². The highest BCUT2D eigenvalue weighted by atomic mass is 16.5. The fraction of sp³-hybridized carbons (Fsp3) is 0.500. The largest absolute Gasteiger partial charge is 0.478 e. The molecule has 2 aromatic carbocycles. The normalized spacial score (nSPS) is 19.6. The molecule has 0 radical (unpaired) electrons. The van der Waals surface area contributed by atoms with Gasteiger partial charge in [-0.1, -0.05) is 45.4 Å². The maximum absolute atomic E-state index is 13.4. The molecule has 2 aliphatic rings. The number of nitrogens with zero attached hydrogens (tertiary/aromatic N) is 2. The molecular weight excluding hydrogens is 482 g/mol. The Balaban J connectivity index is 1.38. The summed E-state index contributed by atoms with van der Waals surface area (Å²) in [5.74, 6) is 0.529. The van der Waals surface area contributed by atoms with Gasteiger partial charge in [-0.25, -0.2) is 4.79 Å². The molecule has 2 fully saturated rings. The van der Waals surface area contributed by atoms with Crippen LogP contribution in [-0.2, 0) is 16.1 Å². The number of nitrogens with one attached hydrogen (secondary N) is 1. The molecule has 4 rings (SSSR count). The fourth-order valence-corrected chi connectivity index (χ4v) is 5.48. The van der Waals surface area contributed by atoms with Crippen LogP contribution in [0.2, 0.25) is 0 Å². The summed E-state index contributed by atoms with van der Waals surface area (Å²) in [7, 11) is 0. The first-order valence-corrected chi connectivity index (χ1v) is 13.7. The second kappa shape index (κ2) is 12.0. The number of aromatic carboxylic acids is 1. The molecule has 8 heteroatoms. The average Bonchev–Trinajstić information content (AvgIpc) is 2.89. The summed E-state index contributed by atoms with van der Waals surface area (Å²) in [5, 5.41) is 12.2. The van der Waals surface area contributed by atoms with Gasteiger partial charge in [-0.3, -0.25) is 14.5 Å². The number of rotatable bonds is 10. The number of piperidine rings is 1. The van der Waals surface area contributed by atoms with Crippen LogP contribution in [0.4, 0.5) is 0 Å². The molecule has 0 unspecified atom stereocenters. The minimum Gasteiger partial charge on any atom is -0.478 e. The van der Waals surface area contributed by atoms with Crippen LogP contribution in [0, 0.1) is 5.92 Å². The number of piperazine rings is 1. The van der Waals surface area contributed by atoms with Gasteiger partial charge in [-0.15, -0.1) is 0 Å². The lowest BCUT2D eigenvalue weighted by Crippen LogP contribution is -2.73. The average molecular weight is 522 g/mol. The number of carbonyl (C=O) groups is 3. The Labute approximate surface area is 225 Å². The molecule has 0 saturated carbocycles. The van der Waals surface area contributed by atoms with E-state index in [1.54, 1.807) is 12.1 Å². The number of carboxylic acid groups (broad SMARTS) is 1. The predicted octanol–water partition coefficient (Wildman–Crippen LogP) is 4.68. The minimum atomic E-state index is -0.993. The molecule has 204 valence electrons.